The summed E-state index contributed by atoms with van der Waals surface area (Å²) in [6.07, 6.45) is 7.64. The predicted octanol–water partition coefficient (Wildman–Crippen LogP) is 7.07. The molecule has 0 unspecified atom stereocenters. The molecule has 4 rings (SSSR count). The van der Waals surface area contributed by atoms with Crippen molar-refractivity contribution < 1.29 is 23.0 Å². The van der Waals surface area contributed by atoms with Crippen molar-refractivity contribution in [3.63, 3.8) is 0 Å². The largest absolute Gasteiger partial charge is 0.450 e. The summed E-state index contributed by atoms with van der Waals surface area (Å²) in [6, 6.07) is 4.02. The number of urea groups is 1. The van der Waals surface area contributed by atoms with Gasteiger partial charge in [-0.05, 0) is 51.0 Å². The van der Waals surface area contributed by atoms with Crippen LogP contribution in [0.25, 0.3) is 11.0 Å². The van der Waals surface area contributed by atoms with Crippen LogP contribution in [-0.4, -0.2) is 61.3 Å². The Bertz CT molecular complexity index is 1290. The molecule has 0 radical (unpaired) electrons. The van der Waals surface area contributed by atoms with Gasteiger partial charge in [-0.25, -0.2) is 18.6 Å². The zero-order valence-electron chi connectivity index (χ0n) is 23.4. The number of ether oxygens (including phenoxy) is 2. The third kappa shape index (κ3) is 8.39. The van der Waals surface area contributed by atoms with Gasteiger partial charge in [-0.3, -0.25) is 0 Å². The Kier molecular flexibility index (Phi) is 10.4. The zero-order chi connectivity index (χ0) is 28.7. The highest BCUT2D eigenvalue weighted by molar-refractivity contribution is 6.76. The lowest BCUT2D eigenvalue weighted by Gasteiger charge is -2.26. The molecule has 1 saturated heterocycles. The minimum atomic E-state index is -1.23. The van der Waals surface area contributed by atoms with Crippen molar-refractivity contribution in [2.24, 2.45) is 0 Å². The van der Waals surface area contributed by atoms with Crippen molar-refractivity contribution in [2.75, 3.05) is 38.1 Å². The molecular weight excluding hydrogens is 556 g/mol. The van der Waals surface area contributed by atoms with Crippen LogP contribution in [0.1, 0.15) is 25.7 Å². The average molecular weight is 594 g/mol. The SMILES string of the molecule is C[Si](C)(C)CCOCn1cc(Cl)c2c(Oc3c(F)cc(NC(=O)NCCCN4CCCCC4)cc3F)ccnc21. The topological polar surface area (TPSA) is 80.6 Å². The Morgan fingerprint density at radius 1 is 1.15 bits per heavy atom. The quantitative estimate of drug-likeness (QED) is 0.173. The van der Waals surface area contributed by atoms with Crippen LogP contribution in [0.15, 0.2) is 30.6 Å². The molecule has 1 aliphatic rings. The van der Waals surface area contributed by atoms with Crippen LogP contribution >= 0.6 is 11.6 Å². The summed E-state index contributed by atoms with van der Waals surface area (Å²) in [7, 11) is -1.23. The second kappa shape index (κ2) is 13.8. The first-order chi connectivity index (χ1) is 19.1. The normalized spacial score (nSPS) is 14.4. The van der Waals surface area contributed by atoms with E-state index >= 15 is 0 Å². The van der Waals surface area contributed by atoms with Crippen LogP contribution in [0.5, 0.6) is 11.5 Å². The van der Waals surface area contributed by atoms with Crippen LogP contribution < -0.4 is 15.4 Å². The van der Waals surface area contributed by atoms with E-state index in [1.54, 1.807) is 10.8 Å². The average Bonchev–Trinajstić information content (AvgIpc) is 3.23. The van der Waals surface area contributed by atoms with Gasteiger partial charge in [0.25, 0.3) is 0 Å². The van der Waals surface area contributed by atoms with Gasteiger partial charge < -0.3 is 29.6 Å². The second-order valence-electron chi connectivity index (χ2n) is 11.3. The number of anilines is 1. The zero-order valence-corrected chi connectivity index (χ0v) is 25.1. The number of nitrogens with one attached hydrogen (secondary N) is 2. The van der Waals surface area contributed by atoms with Crippen LogP contribution in [0.2, 0.25) is 30.7 Å². The number of likely N-dealkylation sites (tertiary alicyclic amines) is 1. The van der Waals surface area contributed by atoms with Crippen LogP contribution in [0.4, 0.5) is 19.3 Å². The van der Waals surface area contributed by atoms with E-state index in [0.717, 1.165) is 44.2 Å². The molecule has 3 aromatic rings. The van der Waals surface area contributed by atoms with Crippen molar-refractivity contribution in [1.29, 1.82) is 0 Å². The van der Waals surface area contributed by atoms with E-state index in [2.05, 4.69) is 40.2 Å². The highest BCUT2D eigenvalue weighted by Crippen LogP contribution is 2.37. The Morgan fingerprint density at radius 3 is 2.58 bits per heavy atom. The lowest BCUT2D eigenvalue weighted by Crippen LogP contribution is -2.34. The minimum absolute atomic E-state index is 0.0181. The number of fused-ring (bicyclic) bond motifs is 1. The number of benzene rings is 1. The molecule has 2 aromatic heterocycles. The summed E-state index contributed by atoms with van der Waals surface area (Å²) in [5.74, 6) is -2.37. The number of nitrogens with zero attached hydrogens (tertiary/aromatic N) is 3. The van der Waals surface area contributed by atoms with Gasteiger partial charge in [0.05, 0.1) is 10.4 Å². The fourth-order valence-electron chi connectivity index (χ4n) is 4.57. The fourth-order valence-corrected chi connectivity index (χ4v) is 5.62. The highest BCUT2D eigenvalue weighted by Gasteiger charge is 2.20. The molecule has 0 atom stereocenters. The Morgan fingerprint density at radius 2 is 1.88 bits per heavy atom. The van der Waals surface area contributed by atoms with Crippen molar-refractivity contribution in [1.82, 2.24) is 19.8 Å². The summed E-state index contributed by atoms with van der Waals surface area (Å²) >= 11 is 6.46. The van der Waals surface area contributed by atoms with Crippen LogP contribution in [-0.2, 0) is 11.5 Å². The molecule has 1 aliphatic heterocycles. The third-order valence-corrected chi connectivity index (χ3v) is 8.74. The molecule has 1 fully saturated rings. The molecule has 0 spiro atoms. The number of amides is 2. The molecule has 40 heavy (non-hydrogen) atoms. The minimum Gasteiger partial charge on any atom is -0.450 e. The summed E-state index contributed by atoms with van der Waals surface area (Å²) in [5.41, 5.74) is 0.460. The van der Waals surface area contributed by atoms with Crippen molar-refractivity contribution in [3.05, 3.63) is 47.2 Å². The molecule has 0 saturated carbocycles. The van der Waals surface area contributed by atoms with E-state index in [4.69, 9.17) is 21.1 Å². The number of piperidine rings is 1. The van der Waals surface area contributed by atoms with Gasteiger partial charge in [0, 0.05) is 51.4 Å². The third-order valence-electron chi connectivity index (χ3n) is 6.75. The monoisotopic (exact) mass is 593 g/mol. The van der Waals surface area contributed by atoms with Crippen LogP contribution in [0.3, 0.4) is 0 Å². The molecule has 0 bridgehead atoms. The summed E-state index contributed by atoms with van der Waals surface area (Å²) in [5, 5.41) is 5.96. The van der Waals surface area contributed by atoms with Gasteiger partial charge in [0.2, 0.25) is 0 Å². The number of halogens is 3. The molecule has 2 N–H and O–H groups in total. The van der Waals surface area contributed by atoms with Gasteiger partial charge in [-0.1, -0.05) is 37.7 Å². The molecule has 218 valence electrons. The predicted molar refractivity (Wildman–Crippen MR) is 157 cm³/mol. The summed E-state index contributed by atoms with van der Waals surface area (Å²) < 4.78 is 43.1. The standard InChI is InChI=1S/C28H38ClF2N5O3Si/c1-40(2,3)15-14-38-19-36-18-21(29)25-24(8-10-32-27(25)36)39-26-22(30)16-20(17-23(26)31)34-28(37)33-9-7-13-35-11-5-4-6-12-35/h8,10,16-18H,4-7,9,11-15,19H2,1-3H3,(H2,33,34,37). The highest BCUT2D eigenvalue weighted by atomic mass is 35.5. The molecular formula is C28H38ClF2N5O3Si. The Hall–Kier alpha value is -2.73. The molecule has 0 aliphatic carbocycles. The molecule has 1 aromatic carbocycles. The Labute approximate surface area is 240 Å². The van der Waals surface area contributed by atoms with Crippen molar-refractivity contribution in [2.45, 2.75) is 58.1 Å². The first-order valence-corrected chi connectivity index (χ1v) is 17.8. The Balaban J connectivity index is 1.37. The lowest BCUT2D eigenvalue weighted by atomic mass is 10.1. The smallest absolute Gasteiger partial charge is 0.319 e. The number of hydrogen-bond donors (Lipinski definition) is 2. The van der Waals surface area contributed by atoms with Gasteiger partial charge >= 0.3 is 6.03 Å². The summed E-state index contributed by atoms with van der Waals surface area (Å²) in [6.45, 7) is 11.3. The number of pyridine rings is 1. The van der Waals surface area contributed by atoms with E-state index in [0.29, 0.717) is 29.2 Å². The van der Waals surface area contributed by atoms with E-state index in [9.17, 15) is 13.6 Å². The summed E-state index contributed by atoms with van der Waals surface area (Å²) in [4.78, 5) is 19.0. The second-order valence-corrected chi connectivity index (χ2v) is 17.3. The number of carbonyl (C=O) groups is 1. The fraction of sp³-hybridized carbons (Fsp3) is 0.500. The maximum atomic E-state index is 15.0. The van der Waals surface area contributed by atoms with Crippen molar-refractivity contribution >= 4 is 42.4 Å². The van der Waals surface area contributed by atoms with Gasteiger partial charge in [0.15, 0.2) is 17.4 Å². The van der Waals surface area contributed by atoms with E-state index in [1.807, 2.05) is 0 Å². The van der Waals surface area contributed by atoms with Crippen LogP contribution in [0, 0.1) is 11.6 Å². The lowest BCUT2D eigenvalue weighted by molar-refractivity contribution is 0.0899. The number of rotatable bonds is 12. The number of carbonyl (C=O) groups excluding carboxylic acids is 1. The first-order valence-electron chi connectivity index (χ1n) is 13.8. The molecule has 3 heterocycles. The van der Waals surface area contributed by atoms with Gasteiger partial charge in [0.1, 0.15) is 18.1 Å². The van der Waals surface area contributed by atoms with Crippen molar-refractivity contribution in [3.8, 4) is 11.5 Å². The maximum Gasteiger partial charge on any atom is 0.319 e. The molecule has 8 nitrogen and oxygen atoms in total. The number of aromatic nitrogens is 2. The molecule has 2 amide bonds. The maximum absolute atomic E-state index is 15.0. The van der Waals surface area contributed by atoms with Gasteiger partial charge in [-0.15, -0.1) is 0 Å². The molecule has 12 heteroatoms. The number of hydrogen-bond acceptors (Lipinski definition) is 5. The van der Waals surface area contributed by atoms with E-state index in [-0.39, 0.29) is 18.2 Å². The van der Waals surface area contributed by atoms with E-state index in [1.165, 1.54) is 31.5 Å². The first kappa shape index (κ1) is 30.2. The van der Waals surface area contributed by atoms with E-state index < -0.39 is 31.5 Å². The van der Waals surface area contributed by atoms with Gasteiger partial charge in [-0.2, -0.15) is 0 Å².